The van der Waals surface area contributed by atoms with E-state index in [0.29, 0.717) is 6.42 Å². The Balaban J connectivity index is 2.74. The van der Waals surface area contributed by atoms with Gasteiger partial charge in [-0.2, -0.15) is 5.10 Å². The third-order valence-electron chi connectivity index (χ3n) is 1.87. The fourth-order valence-electron chi connectivity index (χ4n) is 1.00. The molecule has 1 rings (SSSR count). The van der Waals surface area contributed by atoms with Gasteiger partial charge in [-0.1, -0.05) is 6.92 Å². The first-order valence-electron chi connectivity index (χ1n) is 4.78. The van der Waals surface area contributed by atoms with Crippen molar-refractivity contribution in [2.75, 3.05) is 5.32 Å². The van der Waals surface area contributed by atoms with Crippen LogP contribution in [0.4, 0.5) is 5.69 Å². The summed E-state index contributed by atoms with van der Waals surface area (Å²) in [5, 5.41) is 6.94. The van der Waals surface area contributed by atoms with Crippen molar-refractivity contribution in [1.29, 1.82) is 0 Å². The van der Waals surface area contributed by atoms with Gasteiger partial charge in [0, 0.05) is 12.6 Å². The molecule has 0 aromatic carbocycles. The van der Waals surface area contributed by atoms with E-state index in [1.807, 2.05) is 17.8 Å². The number of hydrogen-bond donors (Lipinski definition) is 1. The zero-order valence-corrected chi connectivity index (χ0v) is 9.16. The molecule has 4 nitrogen and oxygen atoms in total. The molecule has 1 aromatic rings. The zero-order chi connectivity index (χ0) is 10.8. The maximum absolute atomic E-state index is 11.1. The maximum atomic E-state index is 11.1. The Labute approximate surface area is 84.3 Å². The SMILES string of the molecule is CCC(=O)Nc1cnn(C(C)(C)C)c1. The summed E-state index contributed by atoms with van der Waals surface area (Å²) in [5.74, 6) is 0.0125. The highest BCUT2D eigenvalue weighted by Gasteiger charge is 2.14. The number of rotatable bonds is 2. The summed E-state index contributed by atoms with van der Waals surface area (Å²) in [4.78, 5) is 11.1. The van der Waals surface area contributed by atoms with E-state index in [-0.39, 0.29) is 11.4 Å². The van der Waals surface area contributed by atoms with Crippen molar-refractivity contribution in [3.8, 4) is 0 Å². The highest BCUT2D eigenvalue weighted by atomic mass is 16.1. The van der Waals surface area contributed by atoms with E-state index < -0.39 is 0 Å². The zero-order valence-electron chi connectivity index (χ0n) is 9.16. The number of nitrogens with zero attached hydrogens (tertiary/aromatic N) is 2. The van der Waals surface area contributed by atoms with E-state index in [1.165, 1.54) is 0 Å². The minimum atomic E-state index is -0.0464. The molecule has 78 valence electrons. The lowest BCUT2D eigenvalue weighted by molar-refractivity contribution is -0.115. The fourth-order valence-corrected chi connectivity index (χ4v) is 1.00. The van der Waals surface area contributed by atoms with Crippen molar-refractivity contribution in [2.24, 2.45) is 0 Å². The lowest BCUT2D eigenvalue weighted by Gasteiger charge is -2.18. The van der Waals surface area contributed by atoms with Gasteiger partial charge in [0.15, 0.2) is 0 Å². The van der Waals surface area contributed by atoms with Crippen LogP contribution in [0.2, 0.25) is 0 Å². The first kappa shape index (κ1) is 10.8. The Kier molecular flexibility index (Phi) is 2.93. The molecule has 1 amide bonds. The van der Waals surface area contributed by atoms with Crippen LogP contribution >= 0.6 is 0 Å². The van der Waals surface area contributed by atoms with Gasteiger partial charge in [0.2, 0.25) is 5.91 Å². The van der Waals surface area contributed by atoms with Crippen LogP contribution in [-0.4, -0.2) is 15.7 Å². The maximum Gasteiger partial charge on any atom is 0.224 e. The van der Waals surface area contributed by atoms with Gasteiger partial charge in [0.05, 0.1) is 17.4 Å². The van der Waals surface area contributed by atoms with Crippen LogP contribution < -0.4 is 5.32 Å². The summed E-state index contributed by atoms with van der Waals surface area (Å²) < 4.78 is 1.83. The molecule has 0 bridgehead atoms. The first-order valence-corrected chi connectivity index (χ1v) is 4.78. The second-order valence-corrected chi connectivity index (χ2v) is 4.25. The van der Waals surface area contributed by atoms with Crippen LogP contribution in [0.15, 0.2) is 12.4 Å². The van der Waals surface area contributed by atoms with Crippen LogP contribution in [0.1, 0.15) is 34.1 Å². The standard InChI is InChI=1S/C10H17N3O/c1-5-9(14)12-8-6-11-13(7-8)10(2,3)4/h6-7H,5H2,1-4H3,(H,12,14). The molecule has 0 aliphatic carbocycles. The fraction of sp³-hybridized carbons (Fsp3) is 0.600. The molecule has 0 aliphatic rings. The molecule has 1 aromatic heterocycles. The molecule has 0 saturated heterocycles. The number of carbonyl (C=O) groups excluding carboxylic acids is 1. The van der Waals surface area contributed by atoms with Gasteiger partial charge < -0.3 is 5.32 Å². The third-order valence-corrected chi connectivity index (χ3v) is 1.87. The third kappa shape index (κ3) is 2.58. The largest absolute Gasteiger partial charge is 0.323 e. The predicted octanol–water partition coefficient (Wildman–Crippen LogP) is 1.99. The van der Waals surface area contributed by atoms with Gasteiger partial charge >= 0.3 is 0 Å². The lowest BCUT2D eigenvalue weighted by atomic mass is 10.1. The average Bonchev–Trinajstić information content (AvgIpc) is 2.51. The Morgan fingerprint density at radius 1 is 1.57 bits per heavy atom. The Hall–Kier alpha value is -1.32. The van der Waals surface area contributed by atoms with Crippen molar-refractivity contribution in [2.45, 2.75) is 39.7 Å². The summed E-state index contributed by atoms with van der Waals surface area (Å²) in [6, 6.07) is 0. The second-order valence-electron chi connectivity index (χ2n) is 4.25. The molecule has 0 fully saturated rings. The molecule has 0 spiro atoms. The number of nitrogens with one attached hydrogen (secondary N) is 1. The molecular weight excluding hydrogens is 178 g/mol. The molecule has 0 unspecified atom stereocenters. The van der Waals surface area contributed by atoms with Crippen molar-refractivity contribution in [3.05, 3.63) is 12.4 Å². The number of aromatic nitrogens is 2. The quantitative estimate of drug-likeness (QED) is 0.784. The minimum absolute atomic E-state index is 0.0125. The summed E-state index contributed by atoms with van der Waals surface area (Å²) in [5.41, 5.74) is 0.710. The van der Waals surface area contributed by atoms with Crippen molar-refractivity contribution < 1.29 is 4.79 Å². The van der Waals surface area contributed by atoms with Gasteiger partial charge in [-0.05, 0) is 20.8 Å². The summed E-state index contributed by atoms with van der Waals surface area (Å²) in [7, 11) is 0. The van der Waals surface area contributed by atoms with E-state index in [4.69, 9.17) is 0 Å². The highest BCUT2D eigenvalue weighted by Crippen LogP contribution is 2.15. The highest BCUT2D eigenvalue weighted by molar-refractivity contribution is 5.90. The molecule has 14 heavy (non-hydrogen) atoms. The van der Waals surface area contributed by atoms with Crippen molar-refractivity contribution >= 4 is 11.6 Å². The Morgan fingerprint density at radius 2 is 2.21 bits per heavy atom. The Morgan fingerprint density at radius 3 is 2.64 bits per heavy atom. The monoisotopic (exact) mass is 195 g/mol. The Bertz CT molecular complexity index is 322. The normalized spacial score (nSPS) is 11.4. The molecule has 1 heterocycles. The van der Waals surface area contributed by atoms with Crippen LogP contribution in [0.25, 0.3) is 0 Å². The number of carbonyl (C=O) groups is 1. The topological polar surface area (TPSA) is 46.9 Å². The number of amides is 1. The van der Waals surface area contributed by atoms with Gasteiger partial charge in [-0.3, -0.25) is 9.48 Å². The van der Waals surface area contributed by atoms with Crippen LogP contribution in [0.5, 0.6) is 0 Å². The van der Waals surface area contributed by atoms with Crippen LogP contribution in [0.3, 0.4) is 0 Å². The summed E-state index contributed by atoms with van der Waals surface area (Å²) in [6.45, 7) is 8.01. The minimum Gasteiger partial charge on any atom is -0.323 e. The smallest absolute Gasteiger partial charge is 0.224 e. The van der Waals surface area contributed by atoms with Crippen molar-refractivity contribution in [3.63, 3.8) is 0 Å². The average molecular weight is 195 g/mol. The lowest BCUT2D eigenvalue weighted by Crippen LogP contribution is -2.22. The molecule has 4 heteroatoms. The molecule has 0 saturated carbocycles. The molecule has 0 aliphatic heterocycles. The molecule has 1 N–H and O–H groups in total. The molecule has 0 atom stereocenters. The predicted molar refractivity (Wildman–Crippen MR) is 56.1 cm³/mol. The van der Waals surface area contributed by atoms with Gasteiger partial charge in [0.1, 0.15) is 0 Å². The van der Waals surface area contributed by atoms with E-state index >= 15 is 0 Å². The summed E-state index contributed by atoms with van der Waals surface area (Å²) in [6.07, 6.45) is 3.99. The van der Waals surface area contributed by atoms with Gasteiger partial charge in [-0.15, -0.1) is 0 Å². The van der Waals surface area contributed by atoms with E-state index in [1.54, 1.807) is 6.20 Å². The first-order chi connectivity index (χ1) is 6.43. The van der Waals surface area contributed by atoms with E-state index in [2.05, 4.69) is 31.2 Å². The van der Waals surface area contributed by atoms with Gasteiger partial charge in [0.25, 0.3) is 0 Å². The van der Waals surface area contributed by atoms with Gasteiger partial charge in [-0.25, -0.2) is 0 Å². The van der Waals surface area contributed by atoms with E-state index in [0.717, 1.165) is 5.69 Å². The van der Waals surface area contributed by atoms with Crippen LogP contribution in [0, 0.1) is 0 Å². The molecule has 0 radical (unpaired) electrons. The van der Waals surface area contributed by atoms with E-state index in [9.17, 15) is 4.79 Å². The van der Waals surface area contributed by atoms with Crippen molar-refractivity contribution in [1.82, 2.24) is 9.78 Å². The number of anilines is 1. The second kappa shape index (κ2) is 3.82. The summed E-state index contributed by atoms with van der Waals surface area (Å²) >= 11 is 0. The number of hydrogen-bond acceptors (Lipinski definition) is 2. The van der Waals surface area contributed by atoms with Crippen LogP contribution in [-0.2, 0) is 10.3 Å². The molecular formula is C10H17N3O.